The van der Waals surface area contributed by atoms with Gasteiger partial charge in [0.2, 0.25) is 5.91 Å². The lowest BCUT2D eigenvalue weighted by Gasteiger charge is -2.12. The van der Waals surface area contributed by atoms with Gasteiger partial charge in [0, 0.05) is 10.3 Å². The second kappa shape index (κ2) is 5.29. The highest BCUT2D eigenvalue weighted by atomic mass is 32.2. The van der Waals surface area contributed by atoms with E-state index in [1.165, 1.54) is 11.8 Å². The maximum absolute atomic E-state index is 11.4. The summed E-state index contributed by atoms with van der Waals surface area (Å²) in [7, 11) is 0. The number of hydrogen-bond donors (Lipinski definition) is 3. The molecule has 2 aromatic carbocycles. The third kappa shape index (κ3) is 2.42. The highest BCUT2D eigenvalue weighted by Crippen LogP contribution is 2.35. The Hall–Kier alpha value is -1.72. The number of phenols is 1. The number of rotatable bonds is 3. The van der Waals surface area contributed by atoms with Crippen LogP contribution in [-0.2, 0) is 4.79 Å². The Bertz CT molecular complexity index is 586. The molecule has 0 aliphatic carbocycles. The summed E-state index contributed by atoms with van der Waals surface area (Å²) >= 11 is 1.41. The molecule has 94 valence electrons. The van der Waals surface area contributed by atoms with Gasteiger partial charge < -0.3 is 5.11 Å². The number of aromatic hydroxyl groups is 1. The fraction of sp³-hybridized carbons (Fsp3) is 0.154. The van der Waals surface area contributed by atoms with E-state index < -0.39 is 0 Å². The normalized spacial score (nSPS) is 12.3. The van der Waals surface area contributed by atoms with E-state index in [9.17, 15) is 9.90 Å². The summed E-state index contributed by atoms with van der Waals surface area (Å²) in [5.74, 6) is 5.13. The summed E-state index contributed by atoms with van der Waals surface area (Å²) in [4.78, 5) is 12.4. The Morgan fingerprint density at radius 3 is 2.61 bits per heavy atom. The van der Waals surface area contributed by atoms with Gasteiger partial charge in [0.25, 0.3) is 0 Å². The van der Waals surface area contributed by atoms with Crippen LogP contribution in [0.15, 0.2) is 41.3 Å². The van der Waals surface area contributed by atoms with E-state index >= 15 is 0 Å². The number of nitrogens with one attached hydrogen (secondary N) is 1. The highest BCUT2D eigenvalue weighted by molar-refractivity contribution is 8.00. The molecule has 5 heteroatoms. The van der Waals surface area contributed by atoms with Crippen molar-refractivity contribution in [3.8, 4) is 5.75 Å². The van der Waals surface area contributed by atoms with Gasteiger partial charge in [-0.25, -0.2) is 5.84 Å². The summed E-state index contributed by atoms with van der Waals surface area (Å²) in [6.45, 7) is 1.79. The van der Waals surface area contributed by atoms with Crippen LogP contribution < -0.4 is 11.3 Å². The maximum atomic E-state index is 11.4. The molecule has 18 heavy (non-hydrogen) atoms. The molecule has 0 aliphatic heterocycles. The van der Waals surface area contributed by atoms with Crippen molar-refractivity contribution in [1.29, 1.82) is 0 Å². The predicted octanol–water partition coefficient (Wildman–Crippen LogP) is 2.02. The first-order valence-electron chi connectivity index (χ1n) is 5.51. The molecule has 4 N–H and O–H groups in total. The zero-order valence-corrected chi connectivity index (χ0v) is 10.7. The van der Waals surface area contributed by atoms with Gasteiger partial charge in [0.1, 0.15) is 5.75 Å². The molecule has 0 spiro atoms. The van der Waals surface area contributed by atoms with Gasteiger partial charge in [0.05, 0.1) is 5.25 Å². The van der Waals surface area contributed by atoms with Crippen molar-refractivity contribution in [2.45, 2.75) is 17.1 Å². The second-order valence-electron chi connectivity index (χ2n) is 3.90. The standard InChI is InChI=1S/C13H14N2O2S/c1-8(13(17)15-14)18-12-7-6-11(16)9-4-2-3-5-10(9)12/h2-8,16H,14H2,1H3,(H,15,17). The van der Waals surface area contributed by atoms with Crippen LogP contribution in [0.3, 0.4) is 0 Å². The van der Waals surface area contributed by atoms with Gasteiger partial charge in [-0.1, -0.05) is 24.3 Å². The van der Waals surface area contributed by atoms with Crippen LogP contribution in [0.2, 0.25) is 0 Å². The predicted molar refractivity (Wildman–Crippen MR) is 73.3 cm³/mol. The zero-order valence-electron chi connectivity index (χ0n) is 9.88. The molecule has 0 fully saturated rings. The van der Waals surface area contributed by atoms with Crippen LogP contribution in [0.25, 0.3) is 10.8 Å². The van der Waals surface area contributed by atoms with Crippen LogP contribution in [0, 0.1) is 0 Å². The van der Waals surface area contributed by atoms with Crippen LogP contribution >= 0.6 is 11.8 Å². The Morgan fingerprint density at radius 2 is 1.94 bits per heavy atom. The zero-order chi connectivity index (χ0) is 13.1. The molecule has 2 aromatic rings. The minimum atomic E-state index is -0.289. The van der Waals surface area contributed by atoms with E-state index in [2.05, 4.69) is 5.43 Å². The van der Waals surface area contributed by atoms with Crippen molar-refractivity contribution >= 4 is 28.4 Å². The molecule has 0 saturated carbocycles. The highest BCUT2D eigenvalue weighted by Gasteiger charge is 2.15. The van der Waals surface area contributed by atoms with Gasteiger partial charge in [-0.3, -0.25) is 10.2 Å². The number of benzene rings is 2. The van der Waals surface area contributed by atoms with E-state index in [0.29, 0.717) is 0 Å². The number of fused-ring (bicyclic) bond motifs is 1. The van der Waals surface area contributed by atoms with Crippen LogP contribution in [0.5, 0.6) is 5.75 Å². The van der Waals surface area contributed by atoms with Crippen molar-refractivity contribution < 1.29 is 9.90 Å². The van der Waals surface area contributed by atoms with Crippen molar-refractivity contribution in [2.24, 2.45) is 5.84 Å². The SMILES string of the molecule is CC(Sc1ccc(O)c2ccccc12)C(=O)NN. The number of hydrogen-bond acceptors (Lipinski definition) is 4. The molecule has 1 unspecified atom stereocenters. The molecule has 2 rings (SSSR count). The number of amides is 1. The minimum Gasteiger partial charge on any atom is -0.507 e. The molecule has 4 nitrogen and oxygen atoms in total. The number of thioether (sulfide) groups is 1. The molecular weight excluding hydrogens is 248 g/mol. The van der Waals surface area contributed by atoms with Crippen molar-refractivity contribution in [3.05, 3.63) is 36.4 Å². The van der Waals surface area contributed by atoms with Gasteiger partial charge in [-0.2, -0.15) is 0 Å². The summed E-state index contributed by atoms with van der Waals surface area (Å²) < 4.78 is 0. The number of nitrogens with two attached hydrogens (primary N) is 1. The minimum absolute atomic E-state index is 0.225. The average Bonchev–Trinajstić information content (AvgIpc) is 2.41. The summed E-state index contributed by atoms with van der Waals surface area (Å²) in [5, 5.41) is 11.2. The molecule has 0 heterocycles. The molecule has 0 radical (unpaired) electrons. The fourth-order valence-corrected chi connectivity index (χ4v) is 2.73. The van der Waals surface area contributed by atoms with E-state index in [-0.39, 0.29) is 16.9 Å². The molecule has 1 atom stereocenters. The summed E-state index contributed by atoms with van der Waals surface area (Å²) in [6, 6.07) is 11.0. The first kappa shape index (κ1) is 12.7. The largest absolute Gasteiger partial charge is 0.507 e. The smallest absolute Gasteiger partial charge is 0.247 e. The third-order valence-corrected chi connectivity index (χ3v) is 3.85. The first-order chi connectivity index (χ1) is 8.63. The van der Waals surface area contributed by atoms with Gasteiger partial charge >= 0.3 is 0 Å². The quantitative estimate of drug-likeness (QED) is 0.342. The van der Waals surface area contributed by atoms with Crippen LogP contribution in [-0.4, -0.2) is 16.3 Å². The Labute approximate surface area is 109 Å². The lowest BCUT2D eigenvalue weighted by atomic mass is 10.1. The summed E-state index contributed by atoms with van der Waals surface area (Å²) in [5.41, 5.74) is 2.14. The van der Waals surface area contributed by atoms with Crippen molar-refractivity contribution in [2.75, 3.05) is 0 Å². The van der Waals surface area contributed by atoms with Gasteiger partial charge in [0.15, 0.2) is 0 Å². The van der Waals surface area contributed by atoms with Crippen LogP contribution in [0.1, 0.15) is 6.92 Å². The third-order valence-electron chi connectivity index (χ3n) is 2.68. The van der Waals surface area contributed by atoms with Crippen molar-refractivity contribution in [1.82, 2.24) is 5.43 Å². The second-order valence-corrected chi connectivity index (χ2v) is 5.28. The molecule has 0 aromatic heterocycles. The van der Waals surface area contributed by atoms with E-state index in [0.717, 1.165) is 15.7 Å². The Kier molecular flexibility index (Phi) is 3.74. The molecule has 0 aliphatic rings. The van der Waals surface area contributed by atoms with Gasteiger partial charge in [-0.15, -0.1) is 11.8 Å². The Morgan fingerprint density at radius 1 is 1.28 bits per heavy atom. The molecule has 0 bridgehead atoms. The molecule has 0 saturated heterocycles. The summed E-state index contributed by atoms with van der Waals surface area (Å²) in [6.07, 6.45) is 0. The number of phenolic OH excluding ortho intramolecular Hbond substituents is 1. The number of carbonyl (C=O) groups is 1. The molecular formula is C13H14N2O2S. The number of carbonyl (C=O) groups excluding carboxylic acids is 1. The number of hydrazine groups is 1. The average molecular weight is 262 g/mol. The fourth-order valence-electron chi connectivity index (χ4n) is 1.72. The topological polar surface area (TPSA) is 75.3 Å². The molecule has 1 amide bonds. The van der Waals surface area contributed by atoms with Gasteiger partial charge in [-0.05, 0) is 24.4 Å². The Balaban J connectivity index is 2.40. The lowest BCUT2D eigenvalue weighted by molar-refractivity contribution is -0.120. The van der Waals surface area contributed by atoms with Crippen molar-refractivity contribution in [3.63, 3.8) is 0 Å². The first-order valence-corrected chi connectivity index (χ1v) is 6.39. The monoisotopic (exact) mass is 262 g/mol. The van der Waals surface area contributed by atoms with E-state index in [1.807, 2.05) is 30.3 Å². The van der Waals surface area contributed by atoms with E-state index in [1.54, 1.807) is 13.0 Å². The van der Waals surface area contributed by atoms with Crippen LogP contribution in [0.4, 0.5) is 0 Å². The maximum Gasteiger partial charge on any atom is 0.247 e. The van der Waals surface area contributed by atoms with E-state index in [4.69, 9.17) is 5.84 Å². The lowest BCUT2D eigenvalue weighted by Crippen LogP contribution is -2.36.